The van der Waals surface area contributed by atoms with E-state index in [1.165, 1.54) is 0 Å². The Morgan fingerprint density at radius 3 is 2.10 bits per heavy atom. The van der Waals surface area contributed by atoms with Gasteiger partial charge >= 0.3 is 13.1 Å². The second-order valence-corrected chi connectivity index (χ2v) is 8.91. The van der Waals surface area contributed by atoms with Crippen LogP contribution in [-0.4, -0.2) is 39.2 Å². The van der Waals surface area contributed by atoms with E-state index in [9.17, 15) is 9.90 Å². The molecule has 6 nitrogen and oxygen atoms in total. The van der Waals surface area contributed by atoms with Gasteiger partial charge in [0.2, 0.25) is 0 Å². The number of para-hydroxylation sites is 1. The monoisotopic (exact) mass is 418 g/mol. The maximum atomic E-state index is 11.8. The van der Waals surface area contributed by atoms with E-state index in [4.69, 9.17) is 14.4 Å². The lowest BCUT2D eigenvalue weighted by molar-refractivity contribution is -0.137. The predicted octanol–water partition coefficient (Wildman–Crippen LogP) is 4.73. The average Bonchev–Trinajstić information content (AvgIpc) is 3.26. The summed E-state index contributed by atoms with van der Waals surface area (Å²) in [6.45, 7) is 7.87. The lowest BCUT2D eigenvalue weighted by atomic mass is 9.66. The molecule has 0 spiro atoms. The highest BCUT2D eigenvalue weighted by Gasteiger charge is 2.54. The topological polar surface area (TPSA) is 73.6 Å². The summed E-state index contributed by atoms with van der Waals surface area (Å²) in [7, 11) is -0.697. The number of rotatable bonds is 6. The number of hydrogen-bond acceptors (Lipinski definition) is 4. The first-order valence-corrected chi connectivity index (χ1v) is 10.5. The third kappa shape index (κ3) is 4.16. The van der Waals surface area contributed by atoms with Crippen molar-refractivity contribution in [3.8, 4) is 16.9 Å². The lowest BCUT2D eigenvalue weighted by Gasteiger charge is -2.32. The summed E-state index contributed by atoms with van der Waals surface area (Å²) in [5.41, 5.74) is 2.21. The quantitative estimate of drug-likeness (QED) is 0.586. The van der Waals surface area contributed by atoms with E-state index in [0.29, 0.717) is 0 Å². The molecule has 2 aromatic carbocycles. The largest absolute Gasteiger partial charge is 0.481 e. The Kier molecular flexibility index (Phi) is 5.50. The Balaban J connectivity index is 1.84. The first kappa shape index (κ1) is 21.3. The molecule has 4 rings (SSSR count). The van der Waals surface area contributed by atoms with E-state index in [0.717, 1.165) is 22.5 Å². The van der Waals surface area contributed by atoms with Gasteiger partial charge in [0, 0.05) is 23.1 Å². The molecule has 1 atom stereocenters. The Morgan fingerprint density at radius 1 is 1.00 bits per heavy atom. The molecule has 1 aromatic heterocycles. The first-order valence-electron chi connectivity index (χ1n) is 10.5. The molecule has 31 heavy (non-hydrogen) atoms. The molecule has 1 saturated heterocycles. The van der Waals surface area contributed by atoms with E-state index >= 15 is 0 Å². The molecule has 1 aliphatic heterocycles. The zero-order valence-corrected chi connectivity index (χ0v) is 18.3. The minimum Gasteiger partial charge on any atom is -0.481 e. The Hall–Kier alpha value is -2.90. The average molecular weight is 418 g/mol. The van der Waals surface area contributed by atoms with Gasteiger partial charge in [-0.05, 0) is 39.8 Å². The SMILES string of the molecule is CC1(C)OB(C(CC(=O)O)c2cn(-c3ccccc3)nc2-c2ccccc2)OC1(C)C. The fourth-order valence-electron chi connectivity index (χ4n) is 3.79. The Bertz CT molecular complexity index is 1050. The van der Waals surface area contributed by atoms with Gasteiger partial charge in [-0.2, -0.15) is 5.10 Å². The first-order chi connectivity index (χ1) is 14.7. The summed E-state index contributed by atoms with van der Waals surface area (Å²) in [4.78, 5) is 11.8. The van der Waals surface area contributed by atoms with Gasteiger partial charge in [-0.3, -0.25) is 4.79 Å². The highest BCUT2D eigenvalue weighted by atomic mass is 16.7. The van der Waals surface area contributed by atoms with Crippen molar-refractivity contribution in [1.29, 1.82) is 0 Å². The lowest BCUT2D eigenvalue weighted by Crippen LogP contribution is -2.41. The van der Waals surface area contributed by atoms with Gasteiger partial charge in [0.05, 0.1) is 29.0 Å². The van der Waals surface area contributed by atoms with Crippen LogP contribution >= 0.6 is 0 Å². The molecule has 0 amide bonds. The summed E-state index contributed by atoms with van der Waals surface area (Å²) in [6.07, 6.45) is 1.77. The van der Waals surface area contributed by atoms with Crippen LogP contribution in [0.2, 0.25) is 0 Å². The molecule has 2 heterocycles. The summed E-state index contributed by atoms with van der Waals surface area (Å²) in [5, 5.41) is 14.5. The van der Waals surface area contributed by atoms with Crippen molar-refractivity contribution in [2.45, 2.75) is 51.1 Å². The van der Waals surface area contributed by atoms with Gasteiger partial charge in [-0.25, -0.2) is 4.68 Å². The Labute approximate surface area is 183 Å². The van der Waals surface area contributed by atoms with Crippen molar-refractivity contribution in [1.82, 2.24) is 9.78 Å². The number of aliphatic carboxylic acids is 1. The molecule has 1 N–H and O–H groups in total. The molecular weight excluding hydrogens is 391 g/mol. The fraction of sp³-hybridized carbons (Fsp3) is 0.333. The molecule has 160 valence electrons. The van der Waals surface area contributed by atoms with E-state index < -0.39 is 30.1 Å². The highest BCUT2D eigenvalue weighted by Crippen LogP contribution is 2.43. The third-order valence-corrected chi connectivity index (χ3v) is 6.20. The third-order valence-electron chi connectivity index (χ3n) is 6.20. The van der Waals surface area contributed by atoms with Crippen LogP contribution in [0.25, 0.3) is 16.9 Å². The molecule has 3 aromatic rings. The minimum atomic E-state index is -0.911. The van der Waals surface area contributed by atoms with Crippen molar-refractivity contribution in [3.63, 3.8) is 0 Å². The Morgan fingerprint density at radius 2 is 1.55 bits per heavy atom. The van der Waals surface area contributed by atoms with Crippen LogP contribution in [0.3, 0.4) is 0 Å². The normalized spacial score (nSPS) is 18.1. The molecule has 0 radical (unpaired) electrons. The van der Waals surface area contributed by atoms with Gasteiger partial charge in [0.1, 0.15) is 0 Å². The van der Waals surface area contributed by atoms with Crippen molar-refractivity contribution < 1.29 is 19.2 Å². The molecular formula is C24H27BN2O4. The van der Waals surface area contributed by atoms with Crippen LogP contribution in [0, 0.1) is 0 Å². The van der Waals surface area contributed by atoms with E-state index in [1.807, 2.05) is 94.6 Å². The molecule has 7 heteroatoms. The molecule has 0 bridgehead atoms. The van der Waals surface area contributed by atoms with E-state index in [2.05, 4.69) is 0 Å². The van der Waals surface area contributed by atoms with Crippen LogP contribution in [-0.2, 0) is 14.1 Å². The maximum Gasteiger partial charge on any atom is 0.466 e. The second-order valence-electron chi connectivity index (χ2n) is 8.91. The van der Waals surface area contributed by atoms with E-state index in [-0.39, 0.29) is 6.42 Å². The highest BCUT2D eigenvalue weighted by molar-refractivity contribution is 6.48. The number of nitrogens with zero attached hydrogens (tertiary/aromatic N) is 2. The number of carboxylic acid groups (broad SMARTS) is 1. The molecule has 0 aliphatic carbocycles. The number of hydrogen-bond donors (Lipinski definition) is 1. The van der Waals surface area contributed by atoms with Gasteiger partial charge in [0.15, 0.2) is 0 Å². The van der Waals surface area contributed by atoms with Gasteiger partial charge in [-0.1, -0.05) is 48.5 Å². The molecule has 1 unspecified atom stereocenters. The van der Waals surface area contributed by atoms with Crippen LogP contribution in [0.15, 0.2) is 66.9 Å². The van der Waals surface area contributed by atoms with Crippen molar-refractivity contribution >= 4 is 13.1 Å². The van der Waals surface area contributed by atoms with Crippen molar-refractivity contribution in [2.24, 2.45) is 0 Å². The number of aromatic nitrogens is 2. The van der Waals surface area contributed by atoms with Crippen LogP contribution in [0.5, 0.6) is 0 Å². The van der Waals surface area contributed by atoms with Gasteiger partial charge in [-0.15, -0.1) is 0 Å². The summed E-state index contributed by atoms with van der Waals surface area (Å²) >= 11 is 0. The van der Waals surface area contributed by atoms with Crippen LogP contribution in [0.4, 0.5) is 0 Å². The number of benzene rings is 2. The minimum absolute atomic E-state index is 0.128. The zero-order valence-electron chi connectivity index (χ0n) is 18.3. The predicted molar refractivity (Wildman–Crippen MR) is 120 cm³/mol. The molecule has 1 aliphatic rings. The molecule has 0 saturated carbocycles. The molecule has 1 fully saturated rings. The standard InChI is InChI=1S/C24H27BN2O4/c1-23(2)24(3,4)31-25(30-23)20(15-21(28)29)19-16-27(18-13-9-6-10-14-18)26-22(19)17-11-7-5-8-12-17/h5-14,16,20H,15H2,1-4H3,(H,28,29). The van der Waals surface area contributed by atoms with Crippen LogP contribution < -0.4 is 0 Å². The van der Waals surface area contributed by atoms with E-state index in [1.54, 1.807) is 4.68 Å². The maximum absolute atomic E-state index is 11.8. The second kappa shape index (κ2) is 7.98. The smallest absolute Gasteiger partial charge is 0.466 e. The van der Waals surface area contributed by atoms with Gasteiger partial charge < -0.3 is 14.4 Å². The summed E-state index contributed by atoms with van der Waals surface area (Å²) in [6, 6.07) is 19.6. The number of carboxylic acids is 1. The van der Waals surface area contributed by atoms with Crippen molar-refractivity contribution in [3.05, 3.63) is 72.4 Å². The zero-order chi connectivity index (χ0) is 22.2. The summed E-state index contributed by atoms with van der Waals surface area (Å²) in [5.74, 6) is -1.43. The fourth-order valence-corrected chi connectivity index (χ4v) is 3.79. The van der Waals surface area contributed by atoms with Crippen LogP contribution in [0.1, 0.15) is 45.5 Å². The van der Waals surface area contributed by atoms with Gasteiger partial charge in [0.25, 0.3) is 0 Å². The summed E-state index contributed by atoms with van der Waals surface area (Å²) < 4.78 is 14.3. The number of carbonyl (C=O) groups is 1. The van der Waals surface area contributed by atoms with Crippen molar-refractivity contribution in [2.75, 3.05) is 0 Å².